The monoisotopic (exact) mass is 223 g/mol. The number of aliphatic hydroxyl groups is 1. The van der Waals surface area contributed by atoms with Crippen LogP contribution in [0.4, 0.5) is 0 Å². The number of halogens is 1. The van der Waals surface area contributed by atoms with Crippen LogP contribution in [-0.4, -0.2) is 5.11 Å². The van der Waals surface area contributed by atoms with Gasteiger partial charge in [0.2, 0.25) is 0 Å². The summed E-state index contributed by atoms with van der Waals surface area (Å²) in [5, 5.41) is 20.0. The highest BCUT2D eigenvalue weighted by molar-refractivity contribution is 6.30. The van der Waals surface area contributed by atoms with Crippen LogP contribution in [0.3, 0.4) is 0 Å². The lowest BCUT2D eigenvalue weighted by Gasteiger charge is -2.34. The van der Waals surface area contributed by atoms with Crippen molar-refractivity contribution in [2.24, 2.45) is 5.41 Å². The molecule has 3 heteroatoms. The van der Waals surface area contributed by atoms with Gasteiger partial charge >= 0.3 is 0 Å². The van der Waals surface area contributed by atoms with Gasteiger partial charge in [-0.3, -0.25) is 0 Å². The summed E-state index contributed by atoms with van der Waals surface area (Å²) in [5.41, 5.74) is -1.34. The van der Waals surface area contributed by atoms with E-state index in [0.29, 0.717) is 10.6 Å². The second-order valence-electron chi connectivity index (χ2n) is 4.32. The van der Waals surface area contributed by atoms with Gasteiger partial charge in [0.15, 0.2) is 0 Å². The minimum Gasteiger partial charge on any atom is -0.384 e. The predicted octanol–water partition coefficient (Wildman–Crippen LogP) is 3.10. The van der Waals surface area contributed by atoms with Crippen LogP contribution in [0, 0.1) is 16.7 Å². The molecule has 1 aromatic rings. The van der Waals surface area contributed by atoms with Gasteiger partial charge in [-0.2, -0.15) is 5.26 Å². The molecule has 1 unspecified atom stereocenters. The van der Waals surface area contributed by atoms with E-state index in [0.717, 1.165) is 0 Å². The summed E-state index contributed by atoms with van der Waals surface area (Å²) in [6.45, 7) is 5.06. The van der Waals surface area contributed by atoms with E-state index in [9.17, 15) is 5.11 Å². The molecule has 1 N–H and O–H groups in total. The molecule has 0 aliphatic carbocycles. The van der Waals surface area contributed by atoms with Gasteiger partial charge in [-0.15, -0.1) is 0 Å². The summed E-state index contributed by atoms with van der Waals surface area (Å²) >= 11 is 5.76. The third kappa shape index (κ3) is 2.14. The van der Waals surface area contributed by atoms with Crippen molar-refractivity contribution in [3.63, 3.8) is 0 Å². The molecule has 2 nitrogen and oxygen atoms in total. The van der Waals surface area contributed by atoms with Gasteiger partial charge in [-0.05, 0) is 38.5 Å². The Hall–Kier alpha value is -1.04. The molecule has 0 bridgehead atoms. The lowest BCUT2D eigenvalue weighted by atomic mass is 9.73. The van der Waals surface area contributed by atoms with Gasteiger partial charge in [0.25, 0.3) is 0 Å². The van der Waals surface area contributed by atoms with E-state index < -0.39 is 11.0 Å². The number of benzene rings is 1. The molecule has 0 aliphatic rings. The molecule has 0 saturated heterocycles. The van der Waals surface area contributed by atoms with Crippen LogP contribution in [0.1, 0.15) is 26.3 Å². The highest BCUT2D eigenvalue weighted by atomic mass is 35.5. The Morgan fingerprint density at radius 3 is 2.07 bits per heavy atom. The van der Waals surface area contributed by atoms with Crippen molar-refractivity contribution >= 4 is 11.6 Å². The summed E-state index contributed by atoms with van der Waals surface area (Å²) in [6.07, 6.45) is 0. The second-order valence-corrected chi connectivity index (χ2v) is 4.75. The largest absolute Gasteiger partial charge is 0.384 e. The molecule has 0 aliphatic heterocycles. The average Bonchev–Trinajstić information content (AvgIpc) is 2.18. The standard InChI is InChI=1S/C12H14ClNO/c1-11(2,8-14)12(3,15)9-4-6-10(13)7-5-9/h4-7,15H,1-3H3. The van der Waals surface area contributed by atoms with Crippen LogP contribution in [0.25, 0.3) is 0 Å². The van der Waals surface area contributed by atoms with Crippen molar-refractivity contribution in [2.45, 2.75) is 26.4 Å². The fraction of sp³-hybridized carbons (Fsp3) is 0.417. The molecular formula is C12H14ClNO. The minimum atomic E-state index is -1.19. The maximum atomic E-state index is 10.3. The third-order valence-electron chi connectivity index (χ3n) is 2.90. The molecule has 1 atom stereocenters. The van der Waals surface area contributed by atoms with Gasteiger partial charge in [0.05, 0.1) is 11.5 Å². The fourth-order valence-electron chi connectivity index (χ4n) is 1.24. The van der Waals surface area contributed by atoms with E-state index >= 15 is 0 Å². The Morgan fingerprint density at radius 1 is 1.20 bits per heavy atom. The molecule has 0 saturated carbocycles. The molecule has 0 aromatic heterocycles. The molecule has 0 heterocycles. The number of rotatable bonds is 2. The van der Waals surface area contributed by atoms with Gasteiger partial charge in [-0.1, -0.05) is 23.7 Å². The molecule has 0 spiro atoms. The van der Waals surface area contributed by atoms with Crippen molar-refractivity contribution in [3.8, 4) is 6.07 Å². The first kappa shape index (κ1) is 12.0. The van der Waals surface area contributed by atoms with E-state index in [4.69, 9.17) is 16.9 Å². The SMILES string of the molecule is CC(C)(C#N)C(C)(O)c1ccc(Cl)cc1. The van der Waals surface area contributed by atoms with Gasteiger partial charge in [0, 0.05) is 5.02 Å². The molecule has 80 valence electrons. The molecular weight excluding hydrogens is 210 g/mol. The van der Waals surface area contributed by atoms with E-state index in [1.54, 1.807) is 45.0 Å². The predicted molar refractivity (Wildman–Crippen MR) is 60.4 cm³/mol. The van der Waals surface area contributed by atoms with Gasteiger partial charge < -0.3 is 5.11 Å². The molecule has 0 amide bonds. The molecule has 1 aromatic carbocycles. The first-order chi connectivity index (χ1) is 6.81. The van der Waals surface area contributed by atoms with Crippen molar-refractivity contribution in [1.82, 2.24) is 0 Å². The van der Waals surface area contributed by atoms with Crippen molar-refractivity contribution in [1.29, 1.82) is 5.26 Å². The quantitative estimate of drug-likeness (QED) is 0.838. The summed E-state index contributed by atoms with van der Waals surface area (Å²) in [4.78, 5) is 0. The van der Waals surface area contributed by atoms with E-state index in [1.165, 1.54) is 0 Å². The highest BCUT2D eigenvalue weighted by Gasteiger charge is 2.41. The van der Waals surface area contributed by atoms with Gasteiger partial charge in [-0.25, -0.2) is 0 Å². The third-order valence-corrected chi connectivity index (χ3v) is 3.15. The summed E-state index contributed by atoms with van der Waals surface area (Å²) in [7, 11) is 0. The maximum Gasteiger partial charge on any atom is 0.105 e. The summed E-state index contributed by atoms with van der Waals surface area (Å²) < 4.78 is 0. The molecule has 0 fully saturated rings. The van der Waals surface area contributed by atoms with Crippen LogP contribution < -0.4 is 0 Å². The van der Waals surface area contributed by atoms with Crippen molar-refractivity contribution in [3.05, 3.63) is 34.9 Å². The zero-order valence-corrected chi connectivity index (χ0v) is 9.84. The van der Waals surface area contributed by atoms with Crippen LogP contribution in [0.2, 0.25) is 5.02 Å². The van der Waals surface area contributed by atoms with Crippen molar-refractivity contribution < 1.29 is 5.11 Å². The van der Waals surface area contributed by atoms with E-state index in [2.05, 4.69) is 6.07 Å². The molecule has 0 radical (unpaired) electrons. The topological polar surface area (TPSA) is 44.0 Å². The summed E-state index contributed by atoms with van der Waals surface area (Å²) in [6, 6.07) is 9.00. The Labute approximate surface area is 95.1 Å². The lowest BCUT2D eigenvalue weighted by Crippen LogP contribution is -2.38. The first-order valence-corrected chi connectivity index (χ1v) is 5.09. The smallest absolute Gasteiger partial charge is 0.105 e. The fourth-order valence-corrected chi connectivity index (χ4v) is 1.37. The Bertz CT molecular complexity index is 387. The second kappa shape index (κ2) is 3.84. The Kier molecular flexibility index (Phi) is 3.08. The van der Waals surface area contributed by atoms with Crippen LogP contribution in [-0.2, 0) is 5.60 Å². The molecule has 15 heavy (non-hydrogen) atoms. The average molecular weight is 224 g/mol. The number of nitrogens with zero attached hydrogens (tertiary/aromatic N) is 1. The van der Waals surface area contributed by atoms with Crippen molar-refractivity contribution in [2.75, 3.05) is 0 Å². The van der Waals surface area contributed by atoms with E-state index in [-0.39, 0.29) is 0 Å². The number of nitriles is 1. The molecule has 1 rings (SSSR count). The zero-order chi connectivity index (χ0) is 11.7. The van der Waals surface area contributed by atoms with Crippen LogP contribution in [0.15, 0.2) is 24.3 Å². The van der Waals surface area contributed by atoms with E-state index in [1.807, 2.05) is 0 Å². The number of hydrogen-bond acceptors (Lipinski definition) is 2. The minimum absolute atomic E-state index is 0.615. The Morgan fingerprint density at radius 2 is 1.67 bits per heavy atom. The zero-order valence-electron chi connectivity index (χ0n) is 9.08. The van der Waals surface area contributed by atoms with Gasteiger partial charge in [0.1, 0.15) is 5.60 Å². The highest BCUT2D eigenvalue weighted by Crippen LogP contribution is 2.38. The normalized spacial score (nSPS) is 15.5. The van der Waals surface area contributed by atoms with Crippen LogP contribution in [0.5, 0.6) is 0 Å². The maximum absolute atomic E-state index is 10.3. The Balaban J connectivity index is 3.18. The summed E-state index contributed by atoms with van der Waals surface area (Å²) in [5.74, 6) is 0. The van der Waals surface area contributed by atoms with Crippen LogP contribution >= 0.6 is 11.6 Å². The number of hydrogen-bond donors (Lipinski definition) is 1. The first-order valence-electron chi connectivity index (χ1n) is 4.71. The lowest BCUT2D eigenvalue weighted by molar-refractivity contribution is -0.0267.